The summed E-state index contributed by atoms with van der Waals surface area (Å²) in [6, 6.07) is 15.7. The van der Waals surface area contributed by atoms with E-state index in [9.17, 15) is 4.39 Å². The number of pyridine rings is 1. The number of imidazole rings is 1. The molecular weight excluding hydrogens is 459 g/mol. The maximum absolute atomic E-state index is 14.4. The van der Waals surface area contributed by atoms with Crippen molar-refractivity contribution >= 4 is 22.8 Å². The first-order valence-electron chi connectivity index (χ1n) is 10.9. The first-order valence-corrected chi connectivity index (χ1v) is 11.2. The molecule has 0 spiro atoms. The number of halogens is 2. The Hall–Kier alpha value is -3.51. The second-order valence-corrected chi connectivity index (χ2v) is 8.68. The Morgan fingerprint density at radius 1 is 1.09 bits per heavy atom. The van der Waals surface area contributed by atoms with Gasteiger partial charge in [-0.25, -0.2) is 9.37 Å². The molecule has 4 aromatic rings. The van der Waals surface area contributed by atoms with Crippen LogP contribution in [0.5, 0.6) is 6.01 Å². The fourth-order valence-corrected chi connectivity index (χ4v) is 4.72. The van der Waals surface area contributed by atoms with Gasteiger partial charge in [0.15, 0.2) is 11.8 Å². The number of benzene rings is 2. The number of hydrogen-bond donors (Lipinski definition) is 1. The summed E-state index contributed by atoms with van der Waals surface area (Å²) in [4.78, 5) is 12.2. The monoisotopic (exact) mass is 476 g/mol. The molecule has 4 heterocycles. The molecule has 2 fully saturated rings. The van der Waals surface area contributed by atoms with E-state index in [0.717, 1.165) is 12.0 Å². The van der Waals surface area contributed by atoms with Crippen LogP contribution in [0.4, 0.5) is 4.39 Å². The molecule has 1 N–H and O–H groups in total. The zero-order valence-corrected chi connectivity index (χ0v) is 18.6. The number of fused-ring (bicyclic) bond motifs is 2. The minimum Gasteiger partial charge on any atom is -0.456 e. The van der Waals surface area contributed by atoms with Crippen molar-refractivity contribution in [3.8, 4) is 34.5 Å². The lowest BCUT2D eigenvalue weighted by Gasteiger charge is -2.15. The van der Waals surface area contributed by atoms with E-state index in [2.05, 4.69) is 15.0 Å². The number of aromatic nitrogens is 3. The highest BCUT2D eigenvalue weighted by Gasteiger charge is 2.43. The van der Waals surface area contributed by atoms with E-state index < -0.39 is 5.82 Å². The molecule has 2 aliphatic rings. The van der Waals surface area contributed by atoms with Crippen LogP contribution in [-0.4, -0.2) is 46.5 Å². The van der Waals surface area contributed by atoms with Gasteiger partial charge in [-0.1, -0.05) is 41.9 Å². The summed E-state index contributed by atoms with van der Waals surface area (Å²) in [6.07, 6.45) is 0.647. The van der Waals surface area contributed by atoms with Gasteiger partial charge in [0.1, 0.15) is 11.9 Å². The fraction of sp³-hybridized carbons (Fsp3) is 0.240. The molecule has 6 rings (SSSR count). The Kier molecular flexibility index (Phi) is 5.18. The molecule has 2 saturated heterocycles. The topological polar surface area (TPSA) is 93.1 Å². The molecule has 34 heavy (non-hydrogen) atoms. The van der Waals surface area contributed by atoms with E-state index in [4.69, 9.17) is 31.1 Å². The highest BCUT2D eigenvalue weighted by atomic mass is 35.5. The molecule has 2 aromatic carbocycles. The summed E-state index contributed by atoms with van der Waals surface area (Å²) in [5.41, 5.74) is 3.83. The second kappa shape index (κ2) is 8.37. The van der Waals surface area contributed by atoms with Crippen molar-refractivity contribution in [2.24, 2.45) is 0 Å². The van der Waals surface area contributed by atoms with Crippen LogP contribution in [0.25, 0.3) is 33.5 Å². The van der Waals surface area contributed by atoms with E-state index in [1.807, 2.05) is 18.2 Å². The van der Waals surface area contributed by atoms with Crippen molar-refractivity contribution in [1.29, 1.82) is 5.26 Å². The third-order valence-corrected chi connectivity index (χ3v) is 6.44. The van der Waals surface area contributed by atoms with Crippen molar-refractivity contribution in [1.82, 2.24) is 15.0 Å². The van der Waals surface area contributed by atoms with E-state index in [-0.39, 0.29) is 23.9 Å². The lowest BCUT2D eigenvalue weighted by atomic mass is 10.0. The van der Waals surface area contributed by atoms with Crippen LogP contribution >= 0.6 is 11.6 Å². The molecule has 7 nitrogen and oxygen atoms in total. The summed E-state index contributed by atoms with van der Waals surface area (Å²) in [6.45, 7) is 1.13. The van der Waals surface area contributed by atoms with Gasteiger partial charge in [0.25, 0.3) is 6.01 Å². The molecule has 0 amide bonds. The molecule has 2 aliphatic heterocycles. The summed E-state index contributed by atoms with van der Waals surface area (Å²) >= 11 is 6.52. The smallest absolute Gasteiger partial charge is 0.296 e. The van der Waals surface area contributed by atoms with Crippen molar-refractivity contribution in [2.45, 2.75) is 24.7 Å². The SMILES string of the molecule is N#Cc1ccc(-c2ccc(-c3nc4nc(OC5COC6CCOC65)[nH]c4cc3Cl)cc2)c(F)c1. The predicted molar refractivity (Wildman–Crippen MR) is 123 cm³/mol. The van der Waals surface area contributed by atoms with Crippen molar-refractivity contribution in [3.05, 3.63) is 64.9 Å². The minimum atomic E-state index is -0.449. The number of nitriles is 1. The number of ether oxygens (including phenoxy) is 3. The maximum Gasteiger partial charge on any atom is 0.296 e. The molecule has 0 aliphatic carbocycles. The van der Waals surface area contributed by atoms with Gasteiger partial charge in [0.05, 0.1) is 40.6 Å². The van der Waals surface area contributed by atoms with Gasteiger partial charge in [-0.05, 0) is 30.2 Å². The van der Waals surface area contributed by atoms with Crippen LogP contribution in [0, 0.1) is 17.1 Å². The number of aromatic amines is 1. The van der Waals surface area contributed by atoms with Crippen LogP contribution in [-0.2, 0) is 9.47 Å². The third-order valence-electron chi connectivity index (χ3n) is 6.16. The molecule has 9 heteroatoms. The molecule has 3 atom stereocenters. The molecule has 0 bridgehead atoms. The van der Waals surface area contributed by atoms with Crippen LogP contribution in [0.15, 0.2) is 48.5 Å². The van der Waals surface area contributed by atoms with Gasteiger partial charge in [-0.2, -0.15) is 10.2 Å². The molecule has 170 valence electrons. The number of nitrogens with one attached hydrogen (secondary N) is 1. The normalized spacial score (nSPS) is 21.5. The maximum atomic E-state index is 14.4. The number of rotatable bonds is 4. The number of nitrogens with zero attached hydrogens (tertiary/aromatic N) is 3. The Labute approximate surface area is 199 Å². The first-order chi connectivity index (χ1) is 16.6. The zero-order valence-electron chi connectivity index (χ0n) is 17.8. The van der Waals surface area contributed by atoms with Gasteiger partial charge in [0.2, 0.25) is 0 Å². The second-order valence-electron chi connectivity index (χ2n) is 8.27. The fourth-order valence-electron chi connectivity index (χ4n) is 4.45. The van der Waals surface area contributed by atoms with Crippen molar-refractivity contribution < 1.29 is 18.6 Å². The summed E-state index contributed by atoms with van der Waals surface area (Å²) in [5, 5.41) is 9.38. The van der Waals surface area contributed by atoms with E-state index in [0.29, 0.717) is 52.2 Å². The number of H-pyrrole nitrogens is 1. The van der Waals surface area contributed by atoms with Crippen LogP contribution < -0.4 is 4.74 Å². The predicted octanol–water partition coefficient (Wildman–Crippen LogP) is 4.89. The summed E-state index contributed by atoms with van der Waals surface area (Å²) < 4.78 is 31.8. The van der Waals surface area contributed by atoms with Gasteiger partial charge in [-0.3, -0.25) is 0 Å². The zero-order chi connectivity index (χ0) is 23.2. The molecule has 0 saturated carbocycles. The lowest BCUT2D eigenvalue weighted by Crippen LogP contribution is -2.32. The average Bonchev–Trinajstić information content (AvgIpc) is 3.56. The minimum absolute atomic E-state index is 0.0780. The summed E-state index contributed by atoms with van der Waals surface area (Å²) in [7, 11) is 0. The average molecular weight is 477 g/mol. The quantitative estimate of drug-likeness (QED) is 0.450. The highest BCUT2D eigenvalue weighted by Crippen LogP contribution is 2.33. The third kappa shape index (κ3) is 3.68. The van der Waals surface area contributed by atoms with E-state index >= 15 is 0 Å². The lowest BCUT2D eigenvalue weighted by molar-refractivity contribution is 0.0273. The van der Waals surface area contributed by atoms with Crippen molar-refractivity contribution in [3.63, 3.8) is 0 Å². The first kappa shape index (κ1) is 21.1. The Morgan fingerprint density at radius 3 is 2.71 bits per heavy atom. The molecule has 2 aromatic heterocycles. The van der Waals surface area contributed by atoms with Gasteiger partial charge in [0, 0.05) is 17.7 Å². The van der Waals surface area contributed by atoms with Crippen LogP contribution in [0.1, 0.15) is 12.0 Å². The molecule has 3 unspecified atom stereocenters. The van der Waals surface area contributed by atoms with Crippen LogP contribution in [0.2, 0.25) is 5.02 Å². The van der Waals surface area contributed by atoms with Gasteiger partial charge >= 0.3 is 0 Å². The molecule has 0 radical (unpaired) electrons. The molecular formula is C25H18ClFN4O3. The highest BCUT2D eigenvalue weighted by molar-refractivity contribution is 6.33. The Morgan fingerprint density at radius 2 is 1.91 bits per heavy atom. The van der Waals surface area contributed by atoms with E-state index in [1.165, 1.54) is 6.07 Å². The Bertz CT molecular complexity index is 1430. The standard InChI is InChI=1S/C25H18ClFN4O3/c26-17-10-19-24(31-25(29-19)34-21-12-33-20-7-8-32-23(20)21)30-22(17)15-4-2-14(3-5-15)16-6-1-13(11-28)9-18(16)27/h1-6,9-10,20-21,23H,7-8,12H2,(H,29,30,31). The van der Waals surface area contributed by atoms with Gasteiger partial charge in [-0.15, -0.1) is 0 Å². The van der Waals surface area contributed by atoms with Crippen LogP contribution in [0.3, 0.4) is 0 Å². The Balaban J connectivity index is 1.27. The summed E-state index contributed by atoms with van der Waals surface area (Å²) in [5.74, 6) is -0.449. The van der Waals surface area contributed by atoms with Gasteiger partial charge < -0.3 is 19.2 Å². The van der Waals surface area contributed by atoms with E-state index in [1.54, 1.807) is 30.3 Å². The number of hydrogen-bond acceptors (Lipinski definition) is 6. The largest absolute Gasteiger partial charge is 0.456 e. The van der Waals surface area contributed by atoms with Crippen molar-refractivity contribution in [2.75, 3.05) is 13.2 Å².